The summed E-state index contributed by atoms with van der Waals surface area (Å²) < 4.78 is 10.2. The number of nitrogens with one attached hydrogen (secondary N) is 1. The van der Waals surface area contributed by atoms with Gasteiger partial charge in [-0.25, -0.2) is 4.79 Å². The van der Waals surface area contributed by atoms with Gasteiger partial charge in [0.2, 0.25) is 5.91 Å². The Labute approximate surface area is 118 Å². The summed E-state index contributed by atoms with van der Waals surface area (Å²) in [7, 11) is 0. The Hall–Kier alpha value is -2.04. The molecule has 108 valence electrons. The van der Waals surface area contributed by atoms with Crippen LogP contribution in [0.3, 0.4) is 0 Å². The van der Waals surface area contributed by atoms with Gasteiger partial charge in [-0.05, 0) is 50.5 Å². The van der Waals surface area contributed by atoms with Gasteiger partial charge in [0.15, 0.2) is 0 Å². The Bertz CT molecular complexity index is 531. The molecule has 1 amide bonds. The van der Waals surface area contributed by atoms with Gasteiger partial charge in [0.05, 0.1) is 6.42 Å². The molecule has 0 aromatic heterocycles. The third-order valence-electron chi connectivity index (χ3n) is 2.84. The Morgan fingerprint density at radius 2 is 2.00 bits per heavy atom. The Kier molecular flexibility index (Phi) is 3.97. The highest BCUT2D eigenvalue weighted by molar-refractivity contribution is 5.79. The van der Waals surface area contributed by atoms with E-state index in [0.29, 0.717) is 18.7 Å². The number of hydrogen-bond donors (Lipinski definition) is 1. The van der Waals surface area contributed by atoms with Crippen LogP contribution in [0, 0.1) is 0 Å². The fourth-order valence-electron chi connectivity index (χ4n) is 2.01. The van der Waals surface area contributed by atoms with Gasteiger partial charge < -0.3 is 14.8 Å². The van der Waals surface area contributed by atoms with Crippen LogP contribution >= 0.6 is 0 Å². The molecular weight excluding hydrogens is 258 g/mol. The summed E-state index contributed by atoms with van der Waals surface area (Å²) >= 11 is 0. The molecule has 1 aliphatic rings. The monoisotopic (exact) mass is 277 g/mol. The van der Waals surface area contributed by atoms with Crippen LogP contribution in [-0.4, -0.2) is 24.2 Å². The molecule has 0 fully saturated rings. The molecule has 0 saturated heterocycles. The van der Waals surface area contributed by atoms with Crippen LogP contribution < -0.4 is 10.1 Å². The topological polar surface area (TPSA) is 64.6 Å². The summed E-state index contributed by atoms with van der Waals surface area (Å²) in [4.78, 5) is 23.1. The van der Waals surface area contributed by atoms with Gasteiger partial charge in [0, 0.05) is 6.54 Å². The standard InChI is InChI=1S/C15H19NO4/c1-15(2,3)20-14(18)19-12-5-4-10-6-7-16-13(17)9-11(10)8-12/h4-5,8H,6-7,9H2,1-3H3,(H,16,17). The Morgan fingerprint density at radius 1 is 1.25 bits per heavy atom. The van der Waals surface area contributed by atoms with E-state index in [1.54, 1.807) is 32.9 Å². The molecule has 0 aliphatic carbocycles. The highest BCUT2D eigenvalue weighted by Gasteiger charge is 2.19. The maximum Gasteiger partial charge on any atom is 0.514 e. The SMILES string of the molecule is CC(C)(C)OC(=O)Oc1ccc2c(c1)CC(=O)NCC2. The summed E-state index contributed by atoms with van der Waals surface area (Å²) in [5.41, 5.74) is 1.39. The summed E-state index contributed by atoms with van der Waals surface area (Å²) in [5.74, 6) is 0.380. The second-order valence-electron chi connectivity index (χ2n) is 5.77. The lowest BCUT2D eigenvalue weighted by Gasteiger charge is -2.18. The molecular formula is C15H19NO4. The smallest absolute Gasteiger partial charge is 0.428 e. The summed E-state index contributed by atoms with van der Waals surface area (Å²) in [6, 6.07) is 5.33. The van der Waals surface area contributed by atoms with E-state index in [-0.39, 0.29) is 5.91 Å². The molecule has 1 N–H and O–H groups in total. The van der Waals surface area contributed by atoms with Gasteiger partial charge >= 0.3 is 6.16 Å². The number of amides is 1. The molecule has 1 aromatic rings. The van der Waals surface area contributed by atoms with Crippen molar-refractivity contribution >= 4 is 12.1 Å². The first-order valence-corrected chi connectivity index (χ1v) is 6.63. The highest BCUT2D eigenvalue weighted by atomic mass is 16.7. The number of ether oxygens (including phenoxy) is 2. The first-order valence-electron chi connectivity index (χ1n) is 6.63. The van der Waals surface area contributed by atoms with E-state index in [9.17, 15) is 9.59 Å². The zero-order valence-electron chi connectivity index (χ0n) is 12.0. The van der Waals surface area contributed by atoms with Gasteiger partial charge in [0.25, 0.3) is 0 Å². The second-order valence-corrected chi connectivity index (χ2v) is 5.77. The second kappa shape index (κ2) is 5.53. The lowest BCUT2D eigenvalue weighted by atomic mass is 10.0. The zero-order chi connectivity index (χ0) is 14.8. The van der Waals surface area contributed by atoms with Crippen LogP contribution in [0.25, 0.3) is 0 Å². The maximum atomic E-state index is 11.6. The summed E-state index contributed by atoms with van der Waals surface area (Å²) in [6.07, 6.45) is 0.352. The van der Waals surface area contributed by atoms with E-state index in [2.05, 4.69) is 5.32 Å². The zero-order valence-corrected chi connectivity index (χ0v) is 12.0. The fourth-order valence-corrected chi connectivity index (χ4v) is 2.01. The lowest BCUT2D eigenvalue weighted by Crippen LogP contribution is -2.26. The largest absolute Gasteiger partial charge is 0.514 e. The molecule has 0 unspecified atom stereocenters. The third kappa shape index (κ3) is 3.98. The van der Waals surface area contributed by atoms with E-state index >= 15 is 0 Å². The van der Waals surface area contributed by atoms with Gasteiger partial charge in [-0.1, -0.05) is 6.07 Å². The molecule has 0 bridgehead atoms. The average Bonchev–Trinajstić information content (AvgIpc) is 2.46. The Balaban J connectivity index is 2.11. The average molecular weight is 277 g/mol. The molecule has 5 nitrogen and oxygen atoms in total. The predicted octanol–water partition coefficient (Wildman–Crippen LogP) is 2.22. The lowest BCUT2D eigenvalue weighted by molar-refractivity contribution is -0.120. The number of benzene rings is 1. The molecule has 0 atom stereocenters. The minimum absolute atomic E-state index is 0.0156. The minimum atomic E-state index is -0.740. The molecule has 5 heteroatoms. The number of fused-ring (bicyclic) bond motifs is 1. The first kappa shape index (κ1) is 14.4. The van der Waals surface area contributed by atoms with Crippen LogP contribution in [-0.2, 0) is 22.4 Å². The number of carbonyl (C=O) groups is 2. The van der Waals surface area contributed by atoms with E-state index in [0.717, 1.165) is 17.5 Å². The van der Waals surface area contributed by atoms with Gasteiger partial charge in [0.1, 0.15) is 11.4 Å². The van der Waals surface area contributed by atoms with Crippen LogP contribution in [0.1, 0.15) is 31.9 Å². The Morgan fingerprint density at radius 3 is 2.70 bits per heavy atom. The van der Waals surface area contributed by atoms with Crippen LogP contribution in [0.2, 0.25) is 0 Å². The molecule has 1 heterocycles. The van der Waals surface area contributed by atoms with Gasteiger partial charge in [-0.2, -0.15) is 0 Å². The van der Waals surface area contributed by atoms with E-state index in [4.69, 9.17) is 9.47 Å². The minimum Gasteiger partial charge on any atom is -0.428 e. The molecule has 1 aliphatic heterocycles. The molecule has 0 spiro atoms. The maximum absolute atomic E-state index is 11.6. The third-order valence-corrected chi connectivity index (χ3v) is 2.84. The molecule has 20 heavy (non-hydrogen) atoms. The van der Waals surface area contributed by atoms with Crippen LogP contribution in [0.15, 0.2) is 18.2 Å². The van der Waals surface area contributed by atoms with E-state index in [1.807, 2.05) is 6.07 Å². The van der Waals surface area contributed by atoms with E-state index < -0.39 is 11.8 Å². The number of hydrogen-bond acceptors (Lipinski definition) is 4. The van der Waals surface area contributed by atoms with Gasteiger partial charge in [-0.15, -0.1) is 0 Å². The van der Waals surface area contributed by atoms with E-state index in [1.165, 1.54) is 0 Å². The van der Waals surface area contributed by atoms with Crippen molar-refractivity contribution in [1.82, 2.24) is 5.32 Å². The number of rotatable bonds is 1. The van der Waals surface area contributed by atoms with Crippen molar-refractivity contribution in [2.45, 2.75) is 39.2 Å². The highest BCUT2D eigenvalue weighted by Crippen LogP contribution is 2.21. The summed E-state index contributed by atoms with van der Waals surface area (Å²) in [6.45, 7) is 5.96. The van der Waals surface area contributed by atoms with Gasteiger partial charge in [-0.3, -0.25) is 4.79 Å². The van der Waals surface area contributed by atoms with Crippen molar-refractivity contribution < 1.29 is 19.1 Å². The normalized spacial score (nSPS) is 14.8. The summed E-state index contributed by atoms with van der Waals surface area (Å²) in [5, 5.41) is 2.81. The van der Waals surface area contributed by atoms with Crippen molar-refractivity contribution in [3.8, 4) is 5.75 Å². The van der Waals surface area contributed by atoms with Crippen LogP contribution in [0.5, 0.6) is 5.75 Å². The predicted molar refractivity (Wildman–Crippen MR) is 73.7 cm³/mol. The quantitative estimate of drug-likeness (QED) is 0.631. The number of carbonyl (C=O) groups excluding carboxylic acids is 2. The molecule has 0 radical (unpaired) electrons. The molecule has 0 saturated carbocycles. The van der Waals surface area contributed by atoms with Crippen molar-refractivity contribution in [1.29, 1.82) is 0 Å². The van der Waals surface area contributed by atoms with Crippen molar-refractivity contribution in [2.75, 3.05) is 6.54 Å². The van der Waals surface area contributed by atoms with Crippen LogP contribution in [0.4, 0.5) is 4.79 Å². The van der Waals surface area contributed by atoms with Crippen molar-refractivity contribution in [3.05, 3.63) is 29.3 Å². The molecule has 2 rings (SSSR count). The fraction of sp³-hybridized carbons (Fsp3) is 0.467. The first-order chi connectivity index (χ1) is 9.33. The molecule has 1 aromatic carbocycles. The van der Waals surface area contributed by atoms with Crippen molar-refractivity contribution in [3.63, 3.8) is 0 Å². The van der Waals surface area contributed by atoms with Crippen molar-refractivity contribution in [2.24, 2.45) is 0 Å².